The second-order valence-corrected chi connectivity index (χ2v) is 2.76. The van der Waals surface area contributed by atoms with Gasteiger partial charge in [-0.3, -0.25) is 4.79 Å². The summed E-state index contributed by atoms with van der Waals surface area (Å²) in [5, 5.41) is 8.34. The van der Waals surface area contributed by atoms with E-state index in [1.54, 1.807) is 0 Å². The second-order valence-electron chi connectivity index (χ2n) is 2.76. The van der Waals surface area contributed by atoms with Gasteiger partial charge in [0.2, 0.25) is 0 Å². The van der Waals surface area contributed by atoms with E-state index in [-0.39, 0.29) is 0 Å². The summed E-state index contributed by atoms with van der Waals surface area (Å²) in [7, 11) is 0. The van der Waals surface area contributed by atoms with Gasteiger partial charge < -0.3 is 5.11 Å². The van der Waals surface area contributed by atoms with Gasteiger partial charge in [0, 0.05) is 6.42 Å². The first-order valence-electron chi connectivity index (χ1n) is 3.45. The molecular formula is C7H12O2. The minimum atomic E-state index is -0.643. The van der Waals surface area contributed by atoms with Crippen LogP contribution in [0.15, 0.2) is 0 Å². The molecule has 1 aliphatic rings. The molecule has 0 heterocycles. The minimum absolute atomic E-state index is 0.387. The van der Waals surface area contributed by atoms with E-state index in [0.717, 1.165) is 18.8 Å². The zero-order valence-electron chi connectivity index (χ0n) is 5.63. The Morgan fingerprint density at radius 3 is 2.67 bits per heavy atom. The van der Waals surface area contributed by atoms with Crippen LogP contribution in [-0.2, 0) is 4.79 Å². The summed E-state index contributed by atoms with van der Waals surface area (Å²) in [4.78, 5) is 10.1. The Labute approximate surface area is 54.9 Å². The van der Waals surface area contributed by atoms with Gasteiger partial charge in [-0.05, 0) is 18.3 Å². The Hall–Kier alpha value is -0.530. The predicted molar refractivity (Wildman–Crippen MR) is 34.1 cm³/mol. The van der Waals surface area contributed by atoms with E-state index in [0.29, 0.717) is 12.3 Å². The molecule has 0 aromatic rings. The van der Waals surface area contributed by atoms with Crippen molar-refractivity contribution in [1.82, 2.24) is 0 Å². The lowest BCUT2D eigenvalue weighted by Gasteiger charge is -1.89. The SMILES string of the molecule is CC[C@H]1C[C@H]1CC(=O)O. The number of rotatable bonds is 3. The molecule has 1 fully saturated rings. The maximum Gasteiger partial charge on any atom is 0.303 e. The van der Waals surface area contributed by atoms with Crippen molar-refractivity contribution < 1.29 is 9.90 Å². The van der Waals surface area contributed by atoms with Gasteiger partial charge in [-0.25, -0.2) is 0 Å². The van der Waals surface area contributed by atoms with Gasteiger partial charge in [0.05, 0.1) is 0 Å². The molecule has 2 heteroatoms. The maximum absolute atomic E-state index is 10.1. The van der Waals surface area contributed by atoms with Crippen LogP contribution in [0.25, 0.3) is 0 Å². The van der Waals surface area contributed by atoms with Crippen molar-refractivity contribution in [3.63, 3.8) is 0 Å². The highest BCUT2D eigenvalue weighted by atomic mass is 16.4. The molecule has 2 nitrogen and oxygen atoms in total. The molecule has 0 radical (unpaired) electrons. The van der Waals surface area contributed by atoms with Crippen LogP contribution in [0, 0.1) is 11.8 Å². The van der Waals surface area contributed by atoms with Crippen LogP contribution >= 0.6 is 0 Å². The molecule has 1 rings (SSSR count). The van der Waals surface area contributed by atoms with Gasteiger partial charge in [-0.15, -0.1) is 0 Å². The van der Waals surface area contributed by atoms with Gasteiger partial charge in [-0.2, -0.15) is 0 Å². The Kier molecular flexibility index (Phi) is 1.74. The molecule has 52 valence electrons. The van der Waals surface area contributed by atoms with Crippen LogP contribution in [0.1, 0.15) is 26.2 Å². The van der Waals surface area contributed by atoms with Crippen molar-refractivity contribution >= 4 is 5.97 Å². The monoisotopic (exact) mass is 128 g/mol. The smallest absolute Gasteiger partial charge is 0.303 e. The van der Waals surface area contributed by atoms with Gasteiger partial charge in [0.25, 0.3) is 0 Å². The number of carboxylic acids is 1. The fourth-order valence-electron chi connectivity index (χ4n) is 1.28. The van der Waals surface area contributed by atoms with E-state index in [9.17, 15) is 4.79 Å². The highest BCUT2D eigenvalue weighted by Crippen LogP contribution is 2.43. The lowest BCUT2D eigenvalue weighted by atomic mass is 10.2. The van der Waals surface area contributed by atoms with Crippen LogP contribution in [-0.4, -0.2) is 11.1 Å². The summed E-state index contributed by atoms with van der Waals surface area (Å²) in [6, 6.07) is 0. The fourth-order valence-corrected chi connectivity index (χ4v) is 1.28. The number of hydrogen-bond acceptors (Lipinski definition) is 1. The average Bonchev–Trinajstić information content (AvgIpc) is 2.45. The van der Waals surface area contributed by atoms with Gasteiger partial charge in [0.1, 0.15) is 0 Å². The molecule has 0 aromatic carbocycles. The molecule has 0 spiro atoms. The lowest BCUT2D eigenvalue weighted by Crippen LogP contribution is -1.96. The maximum atomic E-state index is 10.1. The molecule has 9 heavy (non-hydrogen) atoms. The molecule has 1 N–H and O–H groups in total. The molecule has 0 bridgehead atoms. The van der Waals surface area contributed by atoms with Crippen LogP contribution < -0.4 is 0 Å². The molecule has 2 atom stereocenters. The number of hydrogen-bond donors (Lipinski definition) is 1. The number of carbonyl (C=O) groups is 1. The molecular weight excluding hydrogens is 116 g/mol. The van der Waals surface area contributed by atoms with E-state index in [2.05, 4.69) is 6.92 Å². The molecule has 1 saturated carbocycles. The summed E-state index contributed by atoms with van der Waals surface area (Å²) < 4.78 is 0. The zero-order chi connectivity index (χ0) is 6.85. The normalized spacial score (nSPS) is 32.1. The Morgan fingerprint density at radius 2 is 2.33 bits per heavy atom. The minimum Gasteiger partial charge on any atom is -0.481 e. The first kappa shape index (κ1) is 6.59. The van der Waals surface area contributed by atoms with E-state index in [1.165, 1.54) is 0 Å². The van der Waals surface area contributed by atoms with E-state index >= 15 is 0 Å². The zero-order valence-corrected chi connectivity index (χ0v) is 5.63. The molecule has 0 unspecified atom stereocenters. The summed E-state index contributed by atoms with van der Waals surface area (Å²) in [6.07, 6.45) is 2.68. The van der Waals surface area contributed by atoms with Crippen molar-refractivity contribution in [2.24, 2.45) is 11.8 Å². The van der Waals surface area contributed by atoms with Gasteiger partial charge in [-0.1, -0.05) is 13.3 Å². The first-order valence-corrected chi connectivity index (χ1v) is 3.45. The van der Waals surface area contributed by atoms with Crippen LogP contribution in [0.2, 0.25) is 0 Å². The van der Waals surface area contributed by atoms with E-state index in [4.69, 9.17) is 5.11 Å². The lowest BCUT2D eigenvalue weighted by molar-refractivity contribution is -0.137. The predicted octanol–water partition coefficient (Wildman–Crippen LogP) is 1.51. The van der Waals surface area contributed by atoms with Gasteiger partial charge in [0.15, 0.2) is 0 Å². The van der Waals surface area contributed by atoms with Crippen molar-refractivity contribution in [2.45, 2.75) is 26.2 Å². The largest absolute Gasteiger partial charge is 0.481 e. The molecule has 0 aliphatic heterocycles. The Morgan fingerprint density at radius 1 is 1.67 bits per heavy atom. The fraction of sp³-hybridized carbons (Fsp3) is 0.857. The third-order valence-corrected chi connectivity index (χ3v) is 2.03. The highest BCUT2D eigenvalue weighted by Gasteiger charge is 2.36. The van der Waals surface area contributed by atoms with Crippen molar-refractivity contribution in [2.75, 3.05) is 0 Å². The van der Waals surface area contributed by atoms with Crippen LogP contribution in [0.4, 0.5) is 0 Å². The van der Waals surface area contributed by atoms with Gasteiger partial charge >= 0.3 is 5.97 Å². The van der Waals surface area contributed by atoms with Crippen molar-refractivity contribution in [3.05, 3.63) is 0 Å². The van der Waals surface area contributed by atoms with E-state index < -0.39 is 5.97 Å². The summed E-state index contributed by atoms with van der Waals surface area (Å²) in [5.41, 5.74) is 0. The van der Waals surface area contributed by atoms with Crippen molar-refractivity contribution in [3.8, 4) is 0 Å². The Bertz CT molecular complexity index is 120. The molecule has 0 aromatic heterocycles. The third kappa shape index (κ3) is 1.70. The summed E-state index contributed by atoms with van der Waals surface area (Å²) in [5.74, 6) is 0.588. The average molecular weight is 128 g/mol. The molecule has 1 aliphatic carbocycles. The number of aliphatic carboxylic acids is 1. The summed E-state index contributed by atoms with van der Waals surface area (Å²) in [6.45, 7) is 2.12. The summed E-state index contributed by atoms with van der Waals surface area (Å²) >= 11 is 0. The van der Waals surface area contributed by atoms with Crippen LogP contribution in [0.3, 0.4) is 0 Å². The highest BCUT2D eigenvalue weighted by molar-refractivity contribution is 5.67. The third-order valence-electron chi connectivity index (χ3n) is 2.03. The standard InChI is InChI=1S/C7H12O2/c1-2-5-3-6(5)4-7(8)9/h5-6H,2-4H2,1H3,(H,8,9)/t5-,6-/m0/s1. The molecule has 0 saturated heterocycles. The Balaban J connectivity index is 2.12. The van der Waals surface area contributed by atoms with E-state index in [1.807, 2.05) is 0 Å². The van der Waals surface area contributed by atoms with Crippen LogP contribution in [0.5, 0.6) is 0 Å². The number of carboxylic acid groups (broad SMARTS) is 1. The quantitative estimate of drug-likeness (QED) is 0.625. The second kappa shape index (κ2) is 2.38. The van der Waals surface area contributed by atoms with Crippen molar-refractivity contribution in [1.29, 1.82) is 0 Å². The molecule has 0 amide bonds. The topological polar surface area (TPSA) is 37.3 Å². The first-order chi connectivity index (χ1) is 4.24.